The van der Waals surface area contributed by atoms with Crippen LogP contribution in [0.5, 0.6) is 0 Å². The summed E-state index contributed by atoms with van der Waals surface area (Å²) in [5.74, 6) is 0. The molecule has 0 amide bonds. The molecule has 0 aromatic rings. The van der Waals surface area contributed by atoms with Gasteiger partial charge in [0.2, 0.25) is 0 Å². The van der Waals surface area contributed by atoms with Gasteiger partial charge in [-0.2, -0.15) is 0 Å². The van der Waals surface area contributed by atoms with Crippen molar-refractivity contribution in [2.75, 3.05) is 0 Å². The van der Waals surface area contributed by atoms with Crippen molar-refractivity contribution in [3.05, 3.63) is 9.85 Å². The summed E-state index contributed by atoms with van der Waals surface area (Å²) in [4.78, 5) is 0. The molecule has 25 heavy (non-hydrogen) atoms. The first-order valence-electron chi connectivity index (χ1n) is 11.4. The van der Waals surface area contributed by atoms with Gasteiger partial charge in [-0.05, 0) is 0 Å². The fraction of sp³-hybridized carbons (Fsp3) is 0.909. The molecule has 150 valence electrons. The first-order chi connectivity index (χ1) is 12.0. The summed E-state index contributed by atoms with van der Waals surface area (Å²) in [7, 11) is -1.56. The van der Waals surface area contributed by atoms with Crippen LogP contribution in [0.15, 0.2) is 9.85 Å². The SMILES string of the molecule is CC/C=[C](/O[Si](CC)(CC)CC)[Sn]([CH2]CCC)([CH2]CCC)[CH2]CCC. The van der Waals surface area contributed by atoms with Crippen LogP contribution in [0.25, 0.3) is 0 Å². The second-order valence-corrected chi connectivity index (χ2v) is 25.6. The molecule has 0 aliphatic carbocycles. The van der Waals surface area contributed by atoms with E-state index in [-0.39, 0.29) is 0 Å². The van der Waals surface area contributed by atoms with Crippen LogP contribution in [0.3, 0.4) is 0 Å². The Bertz CT molecular complexity index is 320. The van der Waals surface area contributed by atoms with E-state index in [9.17, 15) is 0 Å². The van der Waals surface area contributed by atoms with E-state index in [0.717, 1.165) is 6.42 Å². The number of hydrogen-bond acceptors (Lipinski definition) is 1. The van der Waals surface area contributed by atoms with Gasteiger partial charge in [-0.1, -0.05) is 0 Å². The van der Waals surface area contributed by atoms with Crippen molar-refractivity contribution in [1.29, 1.82) is 0 Å². The van der Waals surface area contributed by atoms with Gasteiger partial charge in [-0.15, -0.1) is 0 Å². The van der Waals surface area contributed by atoms with Crippen molar-refractivity contribution in [3.63, 3.8) is 0 Å². The van der Waals surface area contributed by atoms with Gasteiger partial charge in [0.1, 0.15) is 0 Å². The molecule has 1 nitrogen and oxygen atoms in total. The Labute approximate surface area is 165 Å². The van der Waals surface area contributed by atoms with Crippen LogP contribution in [0, 0.1) is 0 Å². The first-order valence-corrected chi connectivity index (χ1v) is 21.4. The van der Waals surface area contributed by atoms with Gasteiger partial charge in [0.05, 0.1) is 0 Å². The molecular weight excluding hydrogens is 427 g/mol. The Morgan fingerprint density at radius 2 is 1.12 bits per heavy atom. The van der Waals surface area contributed by atoms with Crippen molar-refractivity contribution in [1.82, 2.24) is 0 Å². The van der Waals surface area contributed by atoms with Gasteiger partial charge < -0.3 is 0 Å². The van der Waals surface area contributed by atoms with Crippen LogP contribution < -0.4 is 0 Å². The molecular formula is C22H48OSiSn. The zero-order valence-electron chi connectivity index (χ0n) is 18.7. The molecule has 0 bridgehead atoms. The summed E-state index contributed by atoms with van der Waals surface area (Å²) >= 11 is -2.41. The molecule has 0 fully saturated rings. The van der Waals surface area contributed by atoms with Crippen LogP contribution in [-0.4, -0.2) is 26.7 Å². The standard InChI is InChI=1S/C10H21OSi.3C4H9.Sn/c1-5-9-10-11-12(6-2,7-3)8-4;3*1-3-4-2;/h9H,5-8H2,1-4H3;3*1,3-4H2,2H3;. The predicted octanol–water partition coefficient (Wildman–Crippen LogP) is 8.69. The molecule has 0 spiro atoms. The third-order valence-corrected chi connectivity index (χ3v) is 26.4. The number of unbranched alkanes of at least 4 members (excludes halogenated alkanes) is 3. The van der Waals surface area contributed by atoms with E-state index >= 15 is 0 Å². The normalized spacial score (nSPS) is 13.3. The van der Waals surface area contributed by atoms with Gasteiger partial charge in [-0.25, -0.2) is 0 Å². The van der Waals surface area contributed by atoms with Gasteiger partial charge in [-0.3, -0.25) is 0 Å². The van der Waals surface area contributed by atoms with E-state index in [1.807, 2.05) is 0 Å². The molecule has 0 aromatic carbocycles. The molecule has 0 saturated heterocycles. The third kappa shape index (κ3) is 8.40. The maximum atomic E-state index is 7.18. The fourth-order valence-electron chi connectivity index (χ4n) is 4.04. The molecule has 0 aliphatic heterocycles. The molecule has 0 saturated carbocycles. The molecule has 0 aliphatic rings. The Morgan fingerprint density at radius 1 is 0.720 bits per heavy atom. The molecule has 0 atom stereocenters. The monoisotopic (exact) mass is 476 g/mol. The summed E-state index contributed by atoms with van der Waals surface area (Å²) < 4.78 is 13.4. The molecule has 0 N–H and O–H groups in total. The Kier molecular flexibility index (Phi) is 14.9. The third-order valence-electron chi connectivity index (χ3n) is 6.20. The summed E-state index contributed by atoms with van der Waals surface area (Å²) in [6, 6.07) is 3.83. The van der Waals surface area contributed by atoms with E-state index in [0.29, 0.717) is 0 Å². The summed E-state index contributed by atoms with van der Waals surface area (Å²) in [5.41, 5.74) is 0. The Hall–Kier alpha value is 0.556. The van der Waals surface area contributed by atoms with Gasteiger partial charge >= 0.3 is 166 Å². The van der Waals surface area contributed by atoms with Crippen LogP contribution in [0.4, 0.5) is 0 Å². The van der Waals surface area contributed by atoms with Crippen molar-refractivity contribution in [2.24, 2.45) is 0 Å². The molecule has 0 radical (unpaired) electrons. The van der Waals surface area contributed by atoms with Crippen molar-refractivity contribution >= 4 is 26.7 Å². The second kappa shape index (κ2) is 14.6. The van der Waals surface area contributed by atoms with E-state index in [1.165, 1.54) is 70.0 Å². The average molecular weight is 475 g/mol. The molecule has 0 unspecified atom stereocenters. The molecule has 0 aromatic heterocycles. The van der Waals surface area contributed by atoms with Crippen molar-refractivity contribution in [2.45, 2.75) is 125 Å². The average Bonchev–Trinajstić information content (AvgIpc) is 2.65. The zero-order chi connectivity index (χ0) is 19.2. The molecule has 0 rings (SSSR count). The fourth-order valence-corrected chi connectivity index (χ4v) is 25.3. The van der Waals surface area contributed by atoms with Crippen LogP contribution in [0.2, 0.25) is 31.4 Å². The molecule has 0 heterocycles. The minimum absolute atomic E-state index is 1.15. The van der Waals surface area contributed by atoms with Crippen LogP contribution >= 0.6 is 0 Å². The first kappa shape index (κ1) is 25.6. The van der Waals surface area contributed by atoms with E-state index in [1.54, 1.807) is 3.78 Å². The van der Waals surface area contributed by atoms with E-state index < -0.39 is 26.7 Å². The Morgan fingerprint density at radius 3 is 1.40 bits per heavy atom. The number of allylic oxidation sites excluding steroid dienone is 1. The number of rotatable bonds is 16. The van der Waals surface area contributed by atoms with Crippen LogP contribution in [-0.2, 0) is 4.43 Å². The van der Waals surface area contributed by atoms with Crippen molar-refractivity contribution in [3.8, 4) is 0 Å². The number of hydrogen-bond donors (Lipinski definition) is 0. The van der Waals surface area contributed by atoms with Crippen LogP contribution in [0.1, 0.15) is 93.4 Å². The van der Waals surface area contributed by atoms with E-state index in [4.69, 9.17) is 4.43 Å². The van der Waals surface area contributed by atoms with Gasteiger partial charge in [0.25, 0.3) is 0 Å². The summed E-state index contributed by atoms with van der Waals surface area (Å²) in [5, 5.41) is 0. The Balaban J connectivity index is 5.82. The van der Waals surface area contributed by atoms with Crippen molar-refractivity contribution < 1.29 is 4.43 Å². The summed E-state index contributed by atoms with van der Waals surface area (Å²) in [6.07, 6.45) is 12.0. The maximum absolute atomic E-state index is 7.18. The zero-order valence-corrected chi connectivity index (χ0v) is 22.5. The van der Waals surface area contributed by atoms with Gasteiger partial charge in [0, 0.05) is 0 Å². The topological polar surface area (TPSA) is 9.23 Å². The summed E-state index contributed by atoms with van der Waals surface area (Å²) in [6.45, 7) is 16.5. The van der Waals surface area contributed by atoms with E-state index in [2.05, 4.69) is 54.5 Å². The minimum atomic E-state index is -2.41. The second-order valence-electron chi connectivity index (χ2n) is 7.91. The predicted molar refractivity (Wildman–Crippen MR) is 122 cm³/mol. The molecule has 3 heteroatoms. The quantitative estimate of drug-likeness (QED) is 0.160. The van der Waals surface area contributed by atoms with Gasteiger partial charge in [0.15, 0.2) is 0 Å².